The molecule has 4 nitrogen and oxygen atoms in total. The third-order valence-electron chi connectivity index (χ3n) is 3.27. The second kappa shape index (κ2) is 4.45. The predicted octanol–water partition coefficient (Wildman–Crippen LogP) is 3.19. The summed E-state index contributed by atoms with van der Waals surface area (Å²) in [5.41, 5.74) is 1.92. The van der Waals surface area contributed by atoms with E-state index in [4.69, 9.17) is 0 Å². The molecule has 3 rings (SSSR count). The number of hydrogen-bond donors (Lipinski definition) is 1. The predicted molar refractivity (Wildman–Crippen MR) is 74.9 cm³/mol. The van der Waals surface area contributed by atoms with Gasteiger partial charge in [0.2, 0.25) is 9.84 Å². The largest absolute Gasteiger partial charge is 0.280 e. The second-order valence-corrected chi connectivity index (χ2v) is 7.51. The number of aryl methyl sites for hydroxylation is 1. The molecular formula is C13H13BrN2O2S. The van der Waals surface area contributed by atoms with Gasteiger partial charge in [0.15, 0.2) is 5.03 Å². The number of sulfone groups is 1. The molecule has 0 aliphatic heterocycles. The number of hydrogen-bond acceptors (Lipinski definition) is 3. The van der Waals surface area contributed by atoms with Gasteiger partial charge in [-0.3, -0.25) is 5.10 Å². The first-order valence-electron chi connectivity index (χ1n) is 6.05. The molecule has 100 valence electrons. The number of aromatic amines is 1. The molecule has 1 heterocycles. The summed E-state index contributed by atoms with van der Waals surface area (Å²) in [6.07, 6.45) is 2.18. The molecule has 1 aromatic carbocycles. The topological polar surface area (TPSA) is 62.8 Å². The molecule has 0 atom stereocenters. The van der Waals surface area contributed by atoms with Crippen LogP contribution in [-0.4, -0.2) is 18.6 Å². The lowest BCUT2D eigenvalue weighted by molar-refractivity contribution is 0.591. The summed E-state index contributed by atoms with van der Waals surface area (Å²) >= 11 is 3.37. The maximum atomic E-state index is 12.5. The maximum Gasteiger partial charge on any atom is 0.226 e. The molecule has 1 N–H and O–H groups in total. The molecule has 19 heavy (non-hydrogen) atoms. The van der Waals surface area contributed by atoms with Crippen LogP contribution in [0.2, 0.25) is 0 Å². The first kappa shape index (κ1) is 12.9. The lowest BCUT2D eigenvalue weighted by atomic mass is 10.2. The zero-order chi connectivity index (χ0) is 13.6. The Hall–Kier alpha value is -1.14. The smallest absolute Gasteiger partial charge is 0.226 e. The van der Waals surface area contributed by atoms with E-state index >= 15 is 0 Å². The van der Waals surface area contributed by atoms with Crippen LogP contribution in [0.1, 0.15) is 30.0 Å². The lowest BCUT2D eigenvalue weighted by Gasteiger charge is -2.02. The number of aromatic nitrogens is 2. The molecule has 0 bridgehead atoms. The third-order valence-corrected chi connectivity index (χ3v) is 6.04. The van der Waals surface area contributed by atoms with Crippen LogP contribution in [0.5, 0.6) is 0 Å². The van der Waals surface area contributed by atoms with Crippen LogP contribution >= 0.6 is 15.9 Å². The van der Waals surface area contributed by atoms with Crippen molar-refractivity contribution in [3.63, 3.8) is 0 Å². The number of H-pyrrole nitrogens is 1. The fourth-order valence-electron chi connectivity index (χ4n) is 1.97. The van der Waals surface area contributed by atoms with Crippen LogP contribution in [0.15, 0.2) is 38.7 Å². The van der Waals surface area contributed by atoms with Crippen LogP contribution in [0.4, 0.5) is 0 Å². The van der Waals surface area contributed by atoms with E-state index in [1.165, 1.54) is 0 Å². The van der Waals surface area contributed by atoms with Crippen molar-refractivity contribution in [1.82, 2.24) is 10.2 Å². The molecule has 1 aliphatic rings. The summed E-state index contributed by atoms with van der Waals surface area (Å²) in [7, 11) is -3.56. The number of benzene rings is 1. The minimum atomic E-state index is -3.56. The molecular weight excluding hydrogens is 328 g/mol. The van der Waals surface area contributed by atoms with Gasteiger partial charge >= 0.3 is 0 Å². The molecule has 0 radical (unpaired) electrons. The highest BCUT2D eigenvalue weighted by Gasteiger charge is 2.33. The van der Waals surface area contributed by atoms with Crippen molar-refractivity contribution < 1.29 is 8.42 Å². The fraction of sp³-hybridized carbons (Fsp3) is 0.308. The van der Waals surface area contributed by atoms with Gasteiger partial charge in [0.1, 0.15) is 0 Å². The monoisotopic (exact) mass is 340 g/mol. The Morgan fingerprint density at radius 1 is 1.26 bits per heavy atom. The van der Waals surface area contributed by atoms with E-state index in [1.54, 1.807) is 24.3 Å². The van der Waals surface area contributed by atoms with E-state index in [9.17, 15) is 8.42 Å². The summed E-state index contributed by atoms with van der Waals surface area (Å²) in [4.78, 5) is 0.271. The number of nitrogens with one attached hydrogen (secondary N) is 1. The molecule has 0 spiro atoms. The molecule has 2 aromatic rings. The Morgan fingerprint density at radius 3 is 2.47 bits per heavy atom. The van der Waals surface area contributed by atoms with Gasteiger partial charge < -0.3 is 0 Å². The van der Waals surface area contributed by atoms with E-state index in [2.05, 4.69) is 26.1 Å². The van der Waals surface area contributed by atoms with Gasteiger partial charge in [0, 0.05) is 5.92 Å². The highest BCUT2D eigenvalue weighted by molar-refractivity contribution is 9.10. The van der Waals surface area contributed by atoms with Crippen molar-refractivity contribution in [2.75, 3.05) is 0 Å². The molecule has 1 saturated carbocycles. The highest BCUT2D eigenvalue weighted by atomic mass is 79.9. The van der Waals surface area contributed by atoms with Gasteiger partial charge in [0.25, 0.3) is 0 Å². The van der Waals surface area contributed by atoms with Crippen LogP contribution in [0, 0.1) is 6.92 Å². The Kier molecular flexibility index (Phi) is 3.02. The third kappa shape index (κ3) is 2.23. The van der Waals surface area contributed by atoms with Crippen LogP contribution in [0.25, 0.3) is 0 Å². The van der Waals surface area contributed by atoms with Crippen molar-refractivity contribution in [2.45, 2.75) is 35.6 Å². The molecule has 0 saturated heterocycles. The van der Waals surface area contributed by atoms with Gasteiger partial charge in [-0.05, 0) is 47.8 Å². The molecule has 1 aliphatic carbocycles. The van der Waals surface area contributed by atoms with E-state index in [0.29, 0.717) is 10.4 Å². The van der Waals surface area contributed by atoms with Gasteiger partial charge in [-0.15, -0.1) is 0 Å². The number of nitrogens with zero attached hydrogens (tertiary/aromatic N) is 1. The van der Waals surface area contributed by atoms with Crippen molar-refractivity contribution >= 4 is 25.8 Å². The molecule has 1 aromatic heterocycles. The van der Waals surface area contributed by atoms with Gasteiger partial charge in [-0.1, -0.05) is 17.7 Å². The number of halogens is 1. The van der Waals surface area contributed by atoms with Gasteiger partial charge in [-0.25, -0.2) is 8.42 Å². The minimum Gasteiger partial charge on any atom is -0.280 e. The summed E-state index contributed by atoms with van der Waals surface area (Å²) in [5, 5.41) is 6.92. The van der Waals surface area contributed by atoms with Crippen molar-refractivity contribution in [3.05, 3.63) is 40.0 Å². The Labute approximate surface area is 120 Å². The van der Waals surface area contributed by atoms with Crippen LogP contribution < -0.4 is 0 Å². The Balaban J connectivity index is 2.07. The van der Waals surface area contributed by atoms with Gasteiger partial charge in [0.05, 0.1) is 15.1 Å². The average molecular weight is 341 g/mol. The second-order valence-electron chi connectivity index (χ2n) is 4.85. The Morgan fingerprint density at radius 2 is 1.89 bits per heavy atom. The SMILES string of the molecule is Cc1ccc(S(=O)(=O)c2n[nH]c(C3CC3)c2Br)cc1. The Bertz CT molecular complexity index is 716. The van der Waals surface area contributed by atoms with Crippen molar-refractivity contribution in [2.24, 2.45) is 0 Å². The van der Waals surface area contributed by atoms with Crippen molar-refractivity contribution in [1.29, 1.82) is 0 Å². The van der Waals surface area contributed by atoms with Crippen molar-refractivity contribution in [3.8, 4) is 0 Å². The minimum absolute atomic E-state index is 0.0817. The zero-order valence-corrected chi connectivity index (χ0v) is 12.8. The summed E-state index contributed by atoms with van der Waals surface area (Å²) in [6.45, 7) is 1.92. The normalized spacial score (nSPS) is 15.7. The summed E-state index contributed by atoms with van der Waals surface area (Å²) < 4.78 is 25.6. The van der Waals surface area contributed by atoms with E-state index in [1.807, 2.05) is 6.92 Å². The van der Waals surface area contributed by atoms with E-state index in [-0.39, 0.29) is 9.92 Å². The van der Waals surface area contributed by atoms with Gasteiger partial charge in [-0.2, -0.15) is 5.10 Å². The fourth-order valence-corrected chi connectivity index (χ4v) is 4.34. The summed E-state index contributed by atoms with van der Waals surface area (Å²) in [6, 6.07) is 6.80. The van der Waals surface area contributed by atoms with E-state index < -0.39 is 9.84 Å². The molecule has 0 amide bonds. The van der Waals surface area contributed by atoms with Crippen LogP contribution in [0.3, 0.4) is 0 Å². The van der Waals surface area contributed by atoms with E-state index in [0.717, 1.165) is 24.1 Å². The highest BCUT2D eigenvalue weighted by Crippen LogP contribution is 2.44. The zero-order valence-electron chi connectivity index (χ0n) is 10.4. The first-order chi connectivity index (χ1) is 9.00. The quantitative estimate of drug-likeness (QED) is 0.933. The van der Waals surface area contributed by atoms with Crippen LogP contribution in [-0.2, 0) is 9.84 Å². The first-order valence-corrected chi connectivity index (χ1v) is 8.33. The molecule has 1 fully saturated rings. The lowest BCUT2D eigenvalue weighted by Crippen LogP contribution is -2.03. The number of rotatable bonds is 3. The summed E-state index contributed by atoms with van der Waals surface area (Å²) in [5.74, 6) is 0.420. The maximum absolute atomic E-state index is 12.5. The molecule has 0 unspecified atom stereocenters. The standard InChI is InChI=1S/C13H13BrN2O2S/c1-8-2-6-10(7-3-8)19(17,18)13-11(14)12(15-16-13)9-4-5-9/h2-3,6-7,9H,4-5H2,1H3,(H,15,16). The average Bonchev–Trinajstić information content (AvgIpc) is 3.13. The molecule has 6 heteroatoms.